The third-order valence-corrected chi connectivity index (χ3v) is 2.34. The zero-order valence-corrected chi connectivity index (χ0v) is 9.95. The summed E-state index contributed by atoms with van der Waals surface area (Å²) in [5, 5.41) is 12.0. The molecule has 4 nitrogen and oxygen atoms in total. The van der Waals surface area contributed by atoms with E-state index in [0.717, 1.165) is 18.8 Å². The molecule has 88 valence electrons. The van der Waals surface area contributed by atoms with Crippen LogP contribution in [0.2, 0.25) is 0 Å². The number of aromatic carboxylic acids is 1. The third kappa shape index (κ3) is 3.53. The molecule has 0 fully saturated rings. The summed E-state index contributed by atoms with van der Waals surface area (Å²) in [6.45, 7) is 6.88. The van der Waals surface area contributed by atoms with Gasteiger partial charge >= 0.3 is 5.97 Å². The maximum Gasteiger partial charge on any atom is 0.337 e. The van der Waals surface area contributed by atoms with E-state index in [-0.39, 0.29) is 5.56 Å². The van der Waals surface area contributed by atoms with Gasteiger partial charge in [-0.15, -0.1) is 0 Å². The third-order valence-electron chi connectivity index (χ3n) is 2.34. The van der Waals surface area contributed by atoms with Crippen molar-refractivity contribution in [3.8, 4) is 0 Å². The van der Waals surface area contributed by atoms with Crippen molar-refractivity contribution in [2.24, 2.45) is 5.92 Å². The lowest BCUT2D eigenvalue weighted by Crippen LogP contribution is -2.08. The molecule has 1 aromatic heterocycles. The zero-order chi connectivity index (χ0) is 12.1. The maximum absolute atomic E-state index is 10.8. The van der Waals surface area contributed by atoms with Crippen LogP contribution in [0.5, 0.6) is 0 Å². The van der Waals surface area contributed by atoms with Crippen molar-refractivity contribution < 1.29 is 9.90 Å². The van der Waals surface area contributed by atoms with E-state index in [4.69, 9.17) is 5.11 Å². The number of carboxylic acids is 1. The Morgan fingerprint density at radius 1 is 1.50 bits per heavy atom. The lowest BCUT2D eigenvalue weighted by molar-refractivity contribution is 0.0695. The molecule has 1 heterocycles. The molecule has 1 aromatic rings. The SMILES string of the molecule is Cc1nc(NCCC(C)C)ccc1C(=O)O. The molecule has 0 spiro atoms. The Hall–Kier alpha value is -1.58. The standard InChI is InChI=1S/C12H18N2O2/c1-8(2)6-7-13-11-5-4-10(12(15)16)9(3)14-11/h4-5,8H,6-7H2,1-3H3,(H,13,14)(H,15,16). The van der Waals surface area contributed by atoms with Crippen LogP contribution < -0.4 is 5.32 Å². The van der Waals surface area contributed by atoms with Gasteiger partial charge in [-0.05, 0) is 31.4 Å². The van der Waals surface area contributed by atoms with Crippen molar-refractivity contribution in [3.63, 3.8) is 0 Å². The van der Waals surface area contributed by atoms with Crippen molar-refractivity contribution in [1.82, 2.24) is 4.98 Å². The molecule has 4 heteroatoms. The Labute approximate surface area is 95.7 Å². The highest BCUT2D eigenvalue weighted by atomic mass is 16.4. The molecular formula is C12H18N2O2. The first-order valence-electron chi connectivity index (χ1n) is 5.45. The molecule has 0 bridgehead atoms. The Morgan fingerprint density at radius 2 is 2.19 bits per heavy atom. The van der Waals surface area contributed by atoms with Gasteiger partial charge in [0.05, 0.1) is 11.3 Å². The molecule has 16 heavy (non-hydrogen) atoms. The van der Waals surface area contributed by atoms with Gasteiger partial charge in [-0.25, -0.2) is 9.78 Å². The minimum atomic E-state index is -0.932. The Balaban J connectivity index is 2.63. The van der Waals surface area contributed by atoms with Crippen LogP contribution >= 0.6 is 0 Å². The van der Waals surface area contributed by atoms with Gasteiger partial charge in [0, 0.05) is 6.54 Å². The second-order valence-electron chi connectivity index (χ2n) is 4.24. The van der Waals surface area contributed by atoms with E-state index in [1.165, 1.54) is 0 Å². The Kier molecular flexibility index (Phi) is 4.28. The number of carboxylic acid groups (broad SMARTS) is 1. The van der Waals surface area contributed by atoms with E-state index in [1.807, 2.05) is 0 Å². The van der Waals surface area contributed by atoms with Crippen LogP contribution in [-0.4, -0.2) is 22.6 Å². The smallest absolute Gasteiger partial charge is 0.337 e. The predicted molar refractivity (Wildman–Crippen MR) is 63.9 cm³/mol. The first-order valence-corrected chi connectivity index (χ1v) is 5.45. The van der Waals surface area contributed by atoms with Crippen molar-refractivity contribution >= 4 is 11.8 Å². The number of rotatable bonds is 5. The number of anilines is 1. The van der Waals surface area contributed by atoms with E-state index in [2.05, 4.69) is 24.1 Å². The fourth-order valence-corrected chi connectivity index (χ4v) is 1.37. The summed E-state index contributed by atoms with van der Waals surface area (Å²) in [7, 11) is 0. The van der Waals surface area contributed by atoms with E-state index >= 15 is 0 Å². The molecule has 1 rings (SSSR count). The van der Waals surface area contributed by atoms with Crippen LogP contribution in [0.15, 0.2) is 12.1 Å². The number of aryl methyl sites for hydroxylation is 1. The fourth-order valence-electron chi connectivity index (χ4n) is 1.37. The predicted octanol–water partition coefficient (Wildman–Crippen LogP) is 2.55. The van der Waals surface area contributed by atoms with E-state index in [1.54, 1.807) is 19.1 Å². The van der Waals surface area contributed by atoms with Gasteiger partial charge in [0.1, 0.15) is 5.82 Å². The molecule has 0 atom stereocenters. The quantitative estimate of drug-likeness (QED) is 0.803. The average molecular weight is 222 g/mol. The summed E-state index contributed by atoms with van der Waals surface area (Å²) >= 11 is 0. The van der Waals surface area contributed by atoms with Crippen LogP contribution in [0.1, 0.15) is 36.3 Å². The highest BCUT2D eigenvalue weighted by Gasteiger charge is 2.08. The van der Waals surface area contributed by atoms with E-state index in [9.17, 15) is 4.79 Å². The molecule has 0 saturated heterocycles. The first-order chi connectivity index (χ1) is 7.50. The molecule has 0 aliphatic heterocycles. The fraction of sp³-hybridized carbons (Fsp3) is 0.500. The number of aromatic nitrogens is 1. The van der Waals surface area contributed by atoms with Gasteiger partial charge in [-0.3, -0.25) is 0 Å². The second kappa shape index (κ2) is 5.49. The minimum Gasteiger partial charge on any atom is -0.478 e. The van der Waals surface area contributed by atoms with Crippen LogP contribution in [0, 0.1) is 12.8 Å². The maximum atomic E-state index is 10.8. The normalized spacial score (nSPS) is 10.5. The highest BCUT2D eigenvalue weighted by molar-refractivity contribution is 5.89. The molecule has 0 aliphatic rings. The summed E-state index contributed by atoms with van der Waals surface area (Å²) in [6, 6.07) is 3.29. The monoisotopic (exact) mass is 222 g/mol. The average Bonchev–Trinajstić information content (AvgIpc) is 2.16. The molecule has 0 saturated carbocycles. The Morgan fingerprint density at radius 3 is 2.69 bits per heavy atom. The lowest BCUT2D eigenvalue weighted by atomic mass is 10.1. The summed E-state index contributed by atoms with van der Waals surface area (Å²) in [5.41, 5.74) is 0.802. The van der Waals surface area contributed by atoms with Gasteiger partial charge in [-0.1, -0.05) is 13.8 Å². The molecular weight excluding hydrogens is 204 g/mol. The lowest BCUT2D eigenvalue weighted by Gasteiger charge is -2.09. The van der Waals surface area contributed by atoms with E-state index in [0.29, 0.717) is 11.6 Å². The van der Waals surface area contributed by atoms with Gasteiger partial charge in [0.15, 0.2) is 0 Å². The molecule has 0 amide bonds. The molecule has 0 radical (unpaired) electrons. The van der Waals surface area contributed by atoms with Crippen molar-refractivity contribution in [2.45, 2.75) is 27.2 Å². The van der Waals surface area contributed by atoms with Crippen LogP contribution in [-0.2, 0) is 0 Å². The first kappa shape index (κ1) is 12.5. The van der Waals surface area contributed by atoms with Gasteiger partial charge in [-0.2, -0.15) is 0 Å². The minimum absolute atomic E-state index is 0.259. The van der Waals surface area contributed by atoms with Gasteiger partial charge in [0.2, 0.25) is 0 Å². The molecule has 2 N–H and O–H groups in total. The van der Waals surface area contributed by atoms with Crippen LogP contribution in [0.4, 0.5) is 5.82 Å². The summed E-state index contributed by atoms with van der Waals surface area (Å²) in [6.07, 6.45) is 1.07. The Bertz CT molecular complexity index is 375. The van der Waals surface area contributed by atoms with Crippen LogP contribution in [0.3, 0.4) is 0 Å². The van der Waals surface area contributed by atoms with Gasteiger partial charge in [0.25, 0.3) is 0 Å². The topological polar surface area (TPSA) is 62.2 Å². The number of hydrogen-bond donors (Lipinski definition) is 2. The van der Waals surface area contributed by atoms with E-state index < -0.39 is 5.97 Å². The summed E-state index contributed by atoms with van der Waals surface area (Å²) in [4.78, 5) is 15.0. The van der Waals surface area contributed by atoms with Crippen molar-refractivity contribution in [1.29, 1.82) is 0 Å². The molecule has 0 unspecified atom stereocenters. The molecule has 0 aliphatic carbocycles. The zero-order valence-electron chi connectivity index (χ0n) is 9.95. The van der Waals surface area contributed by atoms with Crippen molar-refractivity contribution in [3.05, 3.63) is 23.4 Å². The van der Waals surface area contributed by atoms with Crippen molar-refractivity contribution in [2.75, 3.05) is 11.9 Å². The number of carbonyl (C=O) groups is 1. The van der Waals surface area contributed by atoms with Gasteiger partial charge < -0.3 is 10.4 Å². The van der Waals surface area contributed by atoms with Crippen LogP contribution in [0.25, 0.3) is 0 Å². The summed E-state index contributed by atoms with van der Waals surface area (Å²) in [5.74, 6) is 0.453. The highest BCUT2D eigenvalue weighted by Crippen LogP contribution is 2.11. The number of pyridine rings is 1. The summed E-state index contributed by atoms with van der Waals surface area (Å²) < 4.78 is 0. The molecule has 0 aromatic carbocycles. The largest absolute Gasteiger partial charge is 0.478 e. The number of hydrogen-bond acceptors (Lipinski definition) is 3. The second-order valence-corrected chi connectivity index (χ2v) is 4.24. The number of nitrogens with zero attached hydrogens (tertiary/aromatic N) is 1. The number of nitrogens with one attached hydrogen (secondary N) is 1.